The maximum absolute atomic E-state index is 12.0. The second-order valence-corrected chi connectivity index (χ2v) is 5.94. The van der Waals surface area contributed by atoms with E-state index in [0.717, 1.165) is 19.3 Å². The van der Waals surface area contributed by atoms with Gasteiger partial charge in [0.25, 0.3) is 10.2 Å². The zero-order valence-corrected chi connectivity index (χ0v) is 11.0. The Balaban J connectivity index is 2.65. The van der Waals surface area contributed by atoms with Gasteiger partial charge in [-0.05, 0) is 25.3 Å². The molecule has 0 aliphatic heterocycles. The summed E-state index contributed by atoms with van der Waals surface area (Å²) in [6.07, 6.45) is 3.00. The van der Waals surface area contributed by atoms with Crippen molar-refractivity contribution in [3.8, 4) is 0 Å². The summed E-state index contributed by atoms with van der Waals surface area (Å²) in [7, 11) is -3.32. The number of nitrogens with two attached hydrogens (primary N) is 1. The molecule has 96 valence electrons. The molecule has 6 heteroatoms. The molecule has 1 aliphatic carbocycles. The minimum absolute atomic E-state index is 0.0237. The minimum atomic E-state index is -3.32. The van der Waals surface area contributed by atoms with E-state index in [9.17, 15) is 8.42 Å². The Labute approximate surface area is 98.6 Å². The van der Waals surface area contributed by atoms with Crippen molar-refractivity contribution in [3.05, 3.63) is 0 Å². The van der Waals surface area contributed by atoms with Crippen LogP contribution in [0.4, 0.5) is 0 Å². The number of nitrogens with zero attached hydrogens (tertiary/aromatic N) is 1. The Morgan fingerprint density at radius 2 is 1.94 bits per heavy atom. The lowest BCUT2D eigenvalue weighted by atomic mass is 10.1. The van der Waals surface area contributed by atoms with Crippen LogP contribution in [0.15, 0.2) is 0 Å². The molecule has 0 aromatic rings. The molecule has 2 atom stereocenters. The van der Waals surface area contributed by atoms with Crippen LogP contribution in [-0.2, 0) is 10.2 Å². The summed E-state index contributed by atoms with van der Waals surface area (Å²) < 4.78 is 28.2. The largest absolute Gasteiger partial charge is 0.330 e. The van der Waals surface area contributed by atoms with Crippen molar-refractivity contribution < 1.29 is 8.42 Å². The highest BCUT2D eigenvalue weighted by atomic mass is 32.2. The Bertz CT molecular complexity index is 301. The minimum Gasteiger partial charge on any atom is -0.330 e. The van der Waals surface area contributed by atoms with Crippen LogP contribution >= 0.6 is 0 Å². The van der Waals surface area contributed by atoms with Crippen LogP contribution in [0.25, 0.3) is 0 Å². The van der Waals surface area contributed by atoms with E-state index in [4.69, 9.17) is 5.73 Å². The predicted molar refractivity (Wildman–Crippen MR) is 65.2 cm³/mol. The van der Waals surface area contributed by atoms with E-state index in [0.29, 0.717) is 25.6 Å². The summed E-state index contributed by atoms with van der Waals surface area (Å²) >= 11 is 0. The second kappa shape index (κ2) is 5.95. The Hall–Kier alpha value is -0.170. The number of nitrogens with one attached hydrogen (secondary N) is 1. The fourth-order valence-electron chi connectivity index (χ4n) is 2.30. The van der Waals surface area contributed by atoms with Crippen molar-refractivity contribution in [2.24, 2.45) is 11.7 Å². The van der Waals surface area contributed by atoms with Gasteiger partial charge in [-0.1, -0.05) is 20.3 Å². The average Bonchev–Trinajstić information content (AvgIpc) is 2.65. The van der Waals surface area contributed by atoms with Crippen molar-refractivity contribution in [1.29, 1.82) is 0 Å². The molecule has 0 heterocycles. The quantitative estimate of drug-likeness (QED) is 0.710. The zero-order chi connectivity index (χ0) is 12.2. The van der Waals surface area contributed by atoms with Crippen LogP contribution < -0.4 is 10.5 Å². The molecule has 1 saturated carbocycles. The van der Waals surface area contributed by atoms with Gasteiger partial charge in [-0.15, -0.1) is 0 Å². The van der Waals surface area contributed by atoms with Gasteiger partial charge in [0.1, 0.15) is 0 Å². The molecule has 1 aliphatic rings. The fraction of sp³-hybridized carbons (Fsp3) is 1.00. The van der Waals surface area contributed by atoms with Gasteiger partial charge in [0.2, 0.25) is 0 Å². The van der Waals surface area contributed by atoms with Crippen molar-refractivity contribution in [3.63, 3.8) is 0 Å². The second-order valence-electron chi connectivity index (χ2n) is 4.24. The zero-order valence-electron chi connectivity index (χ0n) is 10.1. The highest BCUT2D eigenvalue weighted by Crippen LogP contribution is 2.25. The topological polar surface area (TPSA) is 75.4 Å². The molecule has 0 aromatic heterocycles. The summed E-state index contributed by atoms with van der Waals surface area (Å²) in [5, 5.41) is 0. The van der Waals surface area contributed by atoms with Crippen molar-refractivity contribution in [2.75, 3.05) is 19.6 Å². The normalized spacial score (nSPS) is 26.5. The van der Waals surface area contributed by atoms with Crippen LogP contribution in [-0.4, -0.2) is 38.4 Å². The highest BCUT2D eigenvalue weighted by molar-refractivity contribution is 7.87. The van der Waals surface area contributed by atoms with Crippen LogP contribution in [0.5, 0.6) is 0 Å². The molecule has 16 heavy (non-hydrogen) atoms. The summed E-state index contributed by atoms with van der Waals surface area (Å²) in [6.45, 7) is 5.26. The number of rotatable bonds is 6. The van der Waals surface area contributed by atoms with Crippen molar-refractivity contribution >= 4 is 10.2 Å². The Morgan fingerprint density at radius 3 is 2.44 bits per heavy atom. The van der Waals surface area contributed by atoms with Crippen molar-refractivity contribution in [1.82, 2.24) is 9.03 Å². The first-order chi connectivity index (χ1) is 7.55. The van der Waals surface area contributed by atoms with E-state index in [1.54, 1.807) is 0 Å². The smallest absolute Gasteiger partial charge is 0.279 e. The van der Waals surface area contributed by atoms with Gasteiger partial charge in [0.15, 0.2) is 0 Å². The van der Waals surface area contributed by atoms with Crippen LogP contribution in [0.1, 0.15) is 33.1 Å². The molecule has 1 rings (SSSR count). The molecule has 5 nitrogen and oxygen atoms in total. The molecule has 0 aromatic carbocycles. The first-order valence-electron chi connectivity index (χ1n) is 6.02. The van der Waals surface area contributed by atoms with Crippen LogP contribution in [0.2, 0.25) is 0 Å². The van der Waals surface area contributed by atoms with E-state index >= 15 is 0 Å². The average molecular weight is 249 g/mol. The lowest BCUT2D eigenvalue weighted by Gasteiger charge is -2.24. The third kappa shape index (κ3) is 3.16. The van der Waals surface area contributed by atoms with Gasteiger partial charge in [-0.2, -0.15) is 17.4 Å². The van der Waals surface area contributed by atoms with Crippen molar-refractivity contribution in [2.45, 2.75) is 39.2 Å². The molecule has 0 spiro atoms. The SMILES string of the molecule is CCN(CC)S(=O)(=O)NC1CCCC1CN. The molecule has 0 radical (unpaired) electrons. The van der Waals surface area contributed by atoms with E-state index in [-0.39, 0.29) is 6.04 Å². The first-order valence-corrected chi connectivity index (χ1v) is 7.46. The van der Waals surface area contributed by atoms with Crippen LogP contribution in [0, 0.1) is 5.92 Å². The van der Waals surface area contributed by atoms with Gasteiger partial charge in [0.05, 0.1) is 0 Å². The fourth-order valence-corrected chi connectivity index (χ4v) is 3.83. The summed E-state index contributed by atoms with van der Waals surface area (Å²) in [6, 6.07) is 0.0237. The van der Waals surface area contributed by atoms with E-state index in [1.165, 1.54) is 4.31 Å². The molecule has 0 amide bonds. The van der Waals surface area contributed by atoms with E-state index < -0.39 is 10.2 Å². The van der Waals surface area contributed by atoms with Gasteiger partial charge < -0.3 is 5.73 Å². The molecule has 1 fully saturated rings. The Kier molecular flexibility index (Phi) is 5.17. The first kappa shape index (κ1) is 13.9. The standard InChI is InChI=1S/C10H23N3O2S/c1-3-13(4-2)16(14,15)12-10-7-5-6-9(10)8-11/h9-10,12H,3-8,11H2,1-2H3. The van der Waals surface area contributed by atoms with Gasteiger partial charge >= 0.3 is 0 Å². The Morgan fingerprint density at radius 1 is 1.31 bits per heavy atom. The maximum atomic E-state index is 12.0. The predicted octanol–water partition coefficient (Wildman–Crippen LogP) is 0.290. The van der Waals surface area contributed by atoms with Crippen LogP contribution in [0.3, 0.4) is 0 Å². The molecule has 2 unspecified atom stereocenters. The highest BCUT2D eigenvalue weighted by Gasteiger charge is 2.31. The molecular formula is C10H23N3O2S. The van der Waals surface area contributed by atoms with Gasteiger partial charge in [-0.3, -0.25) is 0 Å². The molecule has 0 bridgehead atoms. The summed E-state index contributed by atoms with van der Waals surface area (Å²) in [4.78, 5) is 0. The van der Waals surface area contributed by atoms with Gasteiger partial charge in [-0.25, -0.2) is 0 Å². The van der Waals surface area contributed by atoms with Gasteiger partial charge in [0, 0.05) is 19.1 Å². The third-order valence-corrected chi connectivity index (χ3v) is 5.10. The summed E-state index contributed by atoms with van der Waals surface area (Å²) in [5.41, 5.74) is 5.64. The lowest BCUT2D eigenvalue weighted by Crippen LogP contribution is -2.47. The maximum Gasteiger partial charge on any atom is 0.279 e. The van der Waals surface area contributed by atoms with E-state index in [1.807, 2.05) is 13.8 Å². The summed E-state index contributed by atoms with van der Waals surface area (Å²) in [5.74, 6) is 0.297. The monoisotopic (exact) mass is 249 g/mol. The third-order valence-electron chi connectivity index (χ3n) is 3.31. The lowest BCUT2D eigenvalue weighted by molar-refractivity contribution is 0.402. The molecule has 3 N–H and O–H groups in total. The van der Waals surface area contributed by atoms with E-state index in [2.05, 4.69) is 4.72 Å². The molecular weight excluding hydrogens is 226 g/mol. The molecule has 0 saturated heterocycles. The number of hydrogen-bond acceptors (Lipinski definition) is 3. The number of hydrogen-bond donors (Lipinski definition) is 2.